The van der Waals surface area contributed by atoms with Crippen molar-refractivity contribution < 1.29 is 9.53 Å². The minimum Gasteiger partial charge on any atom is -0.377 e. The Hall–Kier alpha value is -0.870. The number of rotatable bonds is 5. The van der Waals surface area contributed by atoms with Crippen LogP contribution in [0.2, 0.25) is 0 Å². The quantitative estimate of drug-likeness (QED) is 0.849. The fourth-order valence-electron chi connectivity index (χ4n) is 1.21. The predicted molar refractivity (Wildman–Crippen MR) is 72.5 cm³/mol. The molecule has 17 heavy (non-hydrogen) atoms. The molecule has 0 bridgehead atoms. The van der Waals surface area contributed by atoms with Crippen LogP contribution in [-0.2, 0) is 10.1 Å². The number of amides is 1. The van der Waals surface area contributed by atoms with E-state index < -0.39 is 0 Å². The molecule has 0 radical (unpaired) electrons. The van der Waals surface area contributed by atoms with E-state index in [2.05, 4.69) is 21.2 Å². The number of hydrogen-bond donors (Lipinski definition) is 1. The molecule has 0 fully saturated rings. The number of halogens is 1. The van der Waals surface area contributed by atoms with E-state index in [1.54, 1.807) is 7.11 Å². The van der Waals surface area contributed by atoms with Crippen molar-refractivity contribution in [3.05, 3.63) is 35.4 Å². The standard InChI is InChI=1S/C13H18BrNO2/c1-13(2,17-3)9-15-12(16)11-6-4-10(8-14)5-7-11/h4-7H,8-9H2,1-3H3,(H,15,16). The van der Waals surface area contributed by atoms with E-state index in [0.717, 1.165) is 10.9 Å². The Balaban J connectivity index is 2.58. The zero-order chi connectivity index (χ0) is 12.9. The predicted octanol–water partition coefficient (Wildman–Crippen LogP) is 2.74. The summed E-state index contributed by atoms with van der Waals surface area (Å²) in [5, 5.41) is 3.65. The fraction of sp³-hybridized carbons (Fsp3) is 0.462. The van der Waals surface area contributed by atoms with Crippen LogP contribution in [0.1, 0.15) is 29.8 Å². The van der Waals surface area contributed by atoms with Crippen LogP contribution in [0.3, 0.4) is 0 Å². The molecule has 1 N–H and O–H groups in total. The number of nitrogens with one attached hydrogen (secondary N) is 1. The molecule has 0 aliphatic heterocycles. The molecule has 0 heterocycles. The maximum atomic E-state index is 11.8. The van der Waals surface area contributed by atoms with E-state index in [1.165, 1.54) is 0 Å². The summed E-state index contributed by atoms with van der Waals surface area (Å²) in [6.07, 6.45) is 0. The van der Waals surface area contributed by atoms with Gasteiger partial charge in [0.1, 0.15) is 0 Å². The monoisotopic (exact) mass is 299 g/mol. The van der Waals surface area contributed by atoms with Crippen LogP contribution in [0, 0.1) is 0 Å². The van der Waals surface area contributed by atoms with E-state index in [4.69, 9.17) is 4.74 Å². The van der Waals surface area contributed by atoms with Crippen LogP contribution in [0.4, 0.5) is 0 Å². The van der Waals surface area contributed by atoms with Gasteiger partial charge in [0.05, 0.1) is 5.60 Å². The first-order chi connectivity index (χ1) is 7.98. The number of ether oxygens (including phenoxy) is 1. The van der Waals surface area contributed by atoms with Crippen molar-refractivity contribution >= 4 is 21.8 Å². The van der Waals surface area contributed by atoms with Crippen molar-refractivity contribution in [2.75, 3.05) is 13.7 Å². The largest absolute Gasteiger partial charge is 0.377 e. The van der Waals surface area contributed by atoms with Crippen molar-refractivity contribution in [3.63, 3.8) is 0 Å². The Morgan fingerprint density at radius 2 is 1.94 bits per heavy atom. The van der Waals surface area contributed by atoms with Crippen molar-refractivity contribution in [2.45, 2.75) is 24.8 Å². The lowest BCUT2D eigenvalue weighted by molar-refractivity contribution is 0.0229. The minimum atomic E-state index is -0.342. The van der Waals surface area contributed by atoms with Crippen molar-refractivity contribution in [1.82, 2.24) is 5.32 Å². The maximum Gasteiger partial charge on any atom is 0.251 e. The zero-order valence-corrected chi connectivity index (χ0v) is 12.0. The second-order valence-electron chi connectivity index (χ2n) is 4.48. The van der Waals surface area contributed by atoms with Crippen LogP contribution in [0.5, 0.6) is 0 Å². The van der Waals surface area contributed by atoms with Gasteiger partial charge in [0.2, 0.25) is 0 Å². The molecular weight excluding hydrogens is 282 g/mol. The summed E-state index contributed by atoms with van der Waals surface area (Å²) in [6, 6.07) is 7.52. The highest BCUT2D eigenvalue weighted by Gasteiger charge is 2.17. The first kappa shape index (κ1) is 14.2. The Bertz CT molecular complexity index is 374. The van der Waals surface area contributed by atoms with Crippen LogP contribution in [0.15, 0.2) is 24.3 Å². The van der Waals surface area contributed by atoms with E-state index in [1.807, 2.05) is 38.1 Å². The first-order valence-electron chi connectivity index (χ1n) is 5.47. The topological polar surface area (TPSA) is 38.3 Å². The number of alkyl halides is 1. The number of methoxy groups -OCH3 is 1. The Kier molecular flexibility index (Phi) is 5.15. The van der Waals surface area contributed by atoms with Gasteiger partial charge >= 0.3 is 0 Å². The highest BCUT2D eigenvalue weighted by molar-refractivity contribution is 9.08. The summed E-state index contributed by atoms with van der Waals surface area (Å²) >= 11 is 3.37. The van der Waals surface area contributed by atoms with E-state index in [0.29, 0.717) is 12.1 Å². The molecule has 0 atom stereocenters. The van der Waals surface area contributed by atoms with Crippen molar-refractivity contribution in [1.29, 1.82) is 0 Å². The summed E-state index contributed by atoms with van der Waals surface area (Å²) in [5.74, 6) is -0.0729. The van der Waals surface area contributed by atoms with E-state index in [9.17, 15) is 4.79 Å². The van der Waals surface area contributed by atoms with Gasteiger partial charge in [-0.3, -0.25) is 4.79 Å². The molecule has 4 heteroatoms. The second kappa shape index (κ2) is 6.17. The third-order valence-electron chi connectivity index (χ3n) is 2.60. The molecule has 1 aromatic carbocycles. The molecular formula is C13H18BrNO2. The minimum absolute atomic E-state index is 0.0729. The van der Waals surface area contributed by atoms with Gasteiger partial charge in [-0.15, -0.1) is 0 Å². The third kappa shape index (κ3) is 4.48. The average Bonchev–Trinajstić information content (AvgIpc) is 2.36. The van der Waals surface area contributed by atoms with Gasteiger partial charge in [-0.05, 0) is 31.5 Å². The average molecular weight is 300 g/mol. The molecule has 0 aliphatic rings. The van der Waals surface area contributed by atoms with Crippen LogP contribution in [0.25, 0.3) is 0 Å². The van der Waals surface area contributed by atoms with Crippen LogP contribution in [-0.4, -0.2) is 25.2 Å². The summed E-state index contributed by atoms with van der Waals surface area (Å²) in [6.45, 7) is 4.35. The van der Waals surface area contributed by atoms with Crippen LogP contribution >= 0.6 is 15.9 Å². The molecule has 0 aliphatic carbocycles. The van der Waals surface area contributed by atoms with Gasteiger partial charge in [-0.2, -0.15) is 0 Å². The summed E-state index contributed by atoms with van der Waals surface area (Å²) in [7, 11) is 1.64. The molecule has 0 unspecified atom stereocenters. The van der Waals surface area contributed by atoms with Gasteiger partial charge in [0.15, 0.2) is 0 Å². The third-order valence-corrected chi connectivity index (χ3v) is 3.25. The smallest absolute Gasteiger partial charge is 0.251 e. The van der Waals surface area contributed by atoms with Gasteiger partial charge in [0.25, 0.3) is 5.91 Å². The van der Waals surface area contributed by atoms with Gasteiger partial charge in [-0.25, -0.2) is 0 Å². The second-order valence-corrected chi connectivity index (χ2v) is 5.04. The zero-order valence-electron chi connectivity index (χ0n) is 10.4. The lowest BCUT2D eigenvalue weighted by Gasteiger charge is -2.23. The molecule has 0 aromatic heterocycles. The molecule has 1 rings (SSSR count). The summed E-state index contributed by atoms with van der Waals surface area (Å²) in [4.78, 5) is 11.8. The molecule has 3 nitrogen and oxygen atoms in total. The molecule has 94 valence electrons. The van der Waals surface area contributed by atoms with Crippen LogP contribution < -0.4 is 5.32 Å². The highest BCUT2D eigenvalue weighted by Crippen LogP contribution is 2.09. The van der Waals surface area contributed by atoms with Crippen molar-refractivity contribution in [2.24, 2.45) is 0 Å². The first-order valence-corrected chi connectivity index (χ1v) is 6.59. The van der Waals surface area contributed by atoms with E-state index >= 15 is 0 Å². The maximum absolute atomic E-state index is 11.8. The Morgan fingerprint density at radius 3 is 2.41 bits per heavy atom. The Morgan fingerprint density at radius 1 is 1.35 bits per heavy atom. The lowest BCUT2D eigenvalue weighted by Crippen LogP contribution is -2.39. The van der Waals surface area contributed by atoms with Crippen molar-refractivity contribution in [3.8, 4) is 0 Å². The summed E-state index contributed by atoms with van der Waals surface area (Å²) in [5.41, 5.74) is 1.48. The lowest BCUT2D eigenvalue weighted by atomic mass is 10.1. The van der Waals surface area contributed by atoms with Gasteiger partial charge in [-0.1, -0.05) is 28.1 Å². The fourth-order valence-corrected chi connectivity index (χ4v) is 1.59. The SMILES string of the molecule is COC(C)(C)CNC(=O)c1ccc(CBr)cc1. The molecule has 1 amide bonds. The van der Waals surface area contributed by atoms with Gasteiger partial charge < -0.3 is 10.1 Å². The molecule has 0 saturated carbocycles. The number of hydrogen-bond acceptors (Lipinski definition) is 2. The number of carbonyl (C=O) groups excluding carboxylic acids is 1. The number of carbonyl (C=O) groups is 1. The molecule has 0 saturated heterocycles. The Labute approximate surface area is 111 Å². The summed E-state index contributed by atoms with van der Waals surface area (Å²) < 4.78 is 5.24. The number of benzene rings is 1. The highest BCUT2D eigenvalue weighted by atomic mass is 79.9. The normalized spacial score (nSPS) is 11.3. The van der Waals surface area contributed by atoms with E-state index in [-0.39, 0.29) is 11.5 Å². The molecule has 1 aromatic rings. The molecule has 0 spiro atoms. The van der Waals surface area contributed by atoms with Gasteiger partial charge in [0, 0.05) is 24.5 Å².